The number of carboxylic acid groups (broad SMARTS) is 1. The molecule has 1 rings (SSSR count). The molecule has 0 bridgehead atoms. The van der Waals surface area contributed by atoms with Gasteiger partial charge in [-0.3, -0.25) is 14.6 Å². The van der Waals surface area contributed by atoms with E-state index in [1.165, 1.54) is 0 Å². The summed E-state index contributed by atoms with van der Waals surface area (Å²) in [7, 11) is 0. The predicted molar refractivity (Wildman–Crippen MR) is 55.5 cm³/mol. The third kappa shape index (κ3) is 3.95. The number of hydrogen-bond acceptors (Lipinski definition) is 5. The number of anilines is 1. The molecule has 1 aromatic rings. The van der Waals surface area contributed by atoms with E-state index >= 15 is 0 Å². The van der Waals surface area contributed by atoms with E-state index in [0.29, 0.717) is 19.4 Å². The molecule has 0 spiro atoms. The van der Waals surface area contributed by atoms with Gasteiger partial charge in [0, 0.05) is 13.0 Å². The van der Waals surface area contributed by atoms with Crippen LogP contribution in [0.25, 0.3) is 0 Å². The first-order chi connectivity index (χ1) is 7.59. The molecular formula is C8H12N4O4. The molecule has 0 saturated carbocycles. The Hall–Kier alpha value is -2.12. The van der Waals surface area contributed by atoms with Crippen molar-refractivity contribution in [2.75, 3.05) is 11.9 Å². The minimum Gasteiger partial charge on any atom is -0.481 e. The van der Waals surface area contributed by atoms with Gasteiger partial charge >= 0.3 is 11.7 Å². The van der Waals surface area contributed by atoms with Gasteiger partial charge in [-0.2, -0.15) is 0 Å². The highest BCUT2D eigenvalue weighted by atomic mass is 16.4. The number of aromatic amines is 2. The summed E-state index contributed by atoms with van der Waals surface area (Å²) in [5.41, 5.74) is -1.26. The highest BCUT2D eigenvalue weighted by molar-refractivity contribution is 5.66. The zero-order valence-electron chi connectivity index (χ0n) is 8.45. The van der Waals surface area contributed by atoms with Crippen LogP contribution < -0.4 is 16.6 Å². The Morgan fingerprint density at radius 1 is 1.38 bits per heavy atom. The molecule has 0 atom stereocenters. The van der Waals surface area contributed by atoms with Crippen molar-refractivity contribution in [1.82, 2.24) is 15.2 Å². The summed E-state index contributed by atoms with van der Waals surface area (Å²) in [5, 5.41) is 16.7. The molecule has 4 N–H and O–H groups in total. The fourth-order valence-corrected chi connectivity index (χ4v) is 1.08. The molecule has 0 aliphatic rings. The van der Waals surface area contributed by atoms with Crippen molar-refractivity contribution >= 4 is 11.8 Å². The standard InChI is InChI=1S/C8H12N4O4/c13-5(14)3-1-2-4-9-6-7(15)10-8(16)12-11-6/h1-4H2,(H,9,11)(H,13,14)(H2,10,12,15,16). The first-order valence-electron chi connectivity index (χ1n) is 4.74. The molecule has 0 saturated heterocycles. The van der Waals surface area contributed by atoms with Crippen LogP contribution in [0.5, 0.6) is 0 Å². The Kier molecular flexibility index (Phi) is 4.25. The summed E-state index contributed by atoms with van der Waals surface area (Å²) in [4.78, 5) is 34.0. The first-order valence-corrected chi connectivity index (χ1v) is 4.74. The second-order valence-corrected chi connectivity index (χ2v) is 3.13. The van der Waals surface area contributed by atoms with Crippen LogP contribution in [0.15, 0.2) is 9.59 Å². The highest BCUT2D eigenvalue weighted by Gasteiger charge is 2.01. The Balaban J connectivity index is 2.35. The molecule has 0 fully saturated rings. The second-order valence-electron chi connectivity index (χ2n) is 3.13. The van der Waals surface area contributed by atoms with Gasteiger partial charge in [-0.15, -0.1) is 5.10 Å². The molecule has 0 amide bonds. The van der Waals surface area contributed by atoms with Gasteiger partial charge in [0.15, 0.2) is 0 Å². The lowest BCUT2D eigenvalue weighted by Gasteiger charge is -2.02. The molecule has 1 heterocycles. The lowest BCUT2D eigenvalue weighted by atomic mass is 10.2. The smallest absolute Gasteiger partial charge is 0.342 e. The average molecular weight is 228 g/mol. The minimum absolute atomic E-state index is 0.0231. The molecule has 0 unspecified atom stereocenters. The van der Waals surface area contributed by atoms with E-state index in [2.05, 4.69) is 15.5 Å². The van der Waals surface area contributed by atoms with E-state index in [-0.39, 0.29) is 12.2 Å². The Labute approximate surface area is 89.7 Å². The monoisotopic (exact) mass is 228 g/mol. The van der Waals surface area contributed by atoms with Crippen LogP contribution in [0.2, 0.25) is 0 Å². The van der Waals surface area contributed by atoms with Gasteiger partial charge in [-0.05, 0) is 12.8 Å². The van der Waals surface area contributed by atoms with Gasteiger partial charge in [0.1, 0.15) is 0 Å². The Morgan fingerprint density at radius 2 is 2.12 bits per heavy atom. The highest BCUT2D eigenvalue weighted by Crippen LogP contribution is 1.96. The van der Waals surface area contributed by atoms with E-state index in [4.69, 9.17) is 5.11 Å². The van der Waals surface area contributed by atoms with Crippen molar-refractivity contribution in [2.24, 2.45) is 0 Å². The van der Waals surface area contributed by atoms with E-state index < -0.39 is 17.2 Å². The zero-order chi connectivity index (χ0) is 12.0. The number of unbranched alkanes of at least 4 members (excludes halogenated alkanes) is 1. The molecule has 8 nitrogen and oxygen atoms in total. The predicted octanol–water partition coefficient (Wildman–Crippen LogP) is -0.875. The molecule has 0 aliphatic carbocycles. The fraction of sp³-hybridized carbons (Fsp3) is 0.500. The minimum atomic E-state index is -0.847. The summed E-state index contributed by atoms with van der Waals surface area (Å²) in [6.07, 6.45) is 1.22. The number of rotatable bonds is 6. The fourth-order valence-electron chi connectivity index (χ4n) is 1.08. The summed E-state index contributed by atoms with van der Waals surface area (Å²) >= 11 is 0. The van der Waals surface area contributed by atoms with Crippen LogP contribution in [0, 0.1) is 0 Å². The molecule has 88 valence electrons. The number of carboxylic acids is 1. The summed E-state index contributed by atoms with van der Waals surface area (Å²) < 4.78 is 0. The Morgan fingerprint density at radius 3 is 2.75 bits per heavy atom. The van der Waals surface area contributed by atoms with Crippen molar-refractivity contribution in [3.63, 3.8) is 0 Å². The number of aromatic nitrogens is 3. The van der Waals surface area contributed by atoms with Gasteiger partial charge in [0.2, 0.25) is 5.82 Å². The third-order valence-electron chi connectivity index (χ3n) is 1.82. The quantitative estimate of drug-likeness (QED) is 0.468. The Bertz CT molecular complexity index is 464. The molecule has 0 radical (unpaired) electrons. The summed E-state index contributed by atoms with van der Waals surface area (Å²) in [5.74, 6) is -0.824. The van der Waals surface area contributed by atoms with Crippen LogP contribution in [-0.4, -0.2) is 32.8 Å². The lowest BCUT2D eigenvalue weighted by Crippen LogP contribution is -2.27. The number of carbonyl (C=O) groups is 1. The normalized spacial score (nSPS) is 10.0. The van der Waals surface area contributed by atoms with Crippen LogP contribution in [0.3, 0.4) is 0 Å². The summed E-state index contributed by atoms with van der Waals surface area (Å²) in [6.45, 7) is 0.426. The van der Waals surface area contributed by atoms with Gasteiger partial charge in [-0.25, -0.2) is 9.89 Å². The van der Waals surface area contributed by atoms with E-state index in [0.717, 1.165) is 0 Å². The van der Waals surface area contributed by atoms with Crippen LogP contribution >= 0.6 is 0 Å². The number of nitrogens with one attached hydrogen (secondary N) is 3. The van der Waals surface area contributed by atoms with Gasteiger partial charge in [-0.1, -0.05) is 0 Å². The maximum absolute atomic E-state index is 11.1. The zero-order valence-corrected chi connectivity index (χ0v) is 8.45. The third-order valence-corrected chi connectivity index (χ3v) is 1.82. The summed E-state index contributed by atoms with van der Waals surface area (Å²) in [6, 6.07) is 0. The molecule has 16 heavy (non-hydrogen) atoms. The number of nitrogens with zero attached hydrogens (tertiary/aromatic N) is 1. The lowest BCUT2D eigenvalue weighted by molar-refractivity contribution is -0.137. The van der Waals surface area contributed by atoms with Gasteiger partial charge < -0.3 is 10.4 Å². The van der Waals surface area contributed by atoms with Gasteiger partial charge in [0.05, 0.1) is 0 Å². The maximum Gasteiger partial charge on any atom is 0.342 e. The molecular weight excluding hydrogens is 216 g/mol. The van der Waals surface area contributed by atoms with E-state index in [9.17, 15) is 14.4 Å². The van der Waals surface area contributed by atoms with Crippen molar-refractivity contribution in [3.8, 4) is 0 Å². The molecule has 0 aliphatic heterocycles. The molecule has 1 aromatic heterocycles. The number of aliphatic carboxylic acids is 1. The topological polar surface area (TPSA) is 128 Å². The number of H-pyrrole nitrogens is 2. The molecule has 8 heteroatoms. The average Bonchev–Trinajstić information content (AvgIpc) is 2.20. The van der Waals surface area contributed by atoms with Crippen LogP contribution in [0.4, 0.5) is 5.82 Å². The van der Waals surface area contributed by atoms with E-state index in [1.54, 1.807) is 0 Å². The van der Waals surface area contributed by atoms with Crippen molar-refractivity contribution in [2.45, 2.75) is 19.3 Å². The second kappa shape index (κ2) is 5.69. The van der Waals surface area contributed by atoms with Crippen LogP contribution in [0.1, 0.15) is 19.3 Å². The van der Waals surface area contributed by atoms with Gasteiger partial charge in [0.25, 0.3) is 5.56 Å². The SMILES string of the molecule is O=C(O)CCCCNc1n[nH]c(=O)[nH]c1=O. The van der Waals surface area contributed by atoms with Crippen molar-refractivity contribution in [1.29, 1.82) is 0 Å². The van der Waals surface area contributed by atoms with Crippen molar-refractivity contribution in [3.05, 3.63) is 20.8 Å². The van der Waals surface area contributed by atoms with E-state index in [1.807, 2.05) is 4.98 Å². The largest absolute Gasteiger partial charge is 0.481 e. The van der Waals surface area contributed by atoms with Crippen LogP contribution in [-0.2, 0) is 4.79 Å². The van der Waals surface area contributed by atoms with Crippen molar-refractivity contribution < 1.29 is 9.90 Å². The first kappa shape index (κ1) is 12.0. The number of hydrogen-bond donors (Lipinski definition) is 4. The molecule has 0 aromatic carbocycles. The maximum atomic E-state index is 11.1.